The van der Waals surface area contributed by atoms with Crippen molar-refractivity contribution in [3.05, 3.63) is 60.0 Å². The summed E-state index contributed by atoms with van der Waals surface area (Å²) in [5.74, 6) is 0. The number of aryl methyl sites for hydroxylation is 1. The van der Waals surface area contributed by atoms with E-state index < -0.39 is 10.0 Å². The molecule has 3 heterocycles. The van der Waals surface area contributed by atoms with Gasteiger partial charge in [-0.1, -0.05) is 0 Å². The molecule has 98 valence electrons. The minimum absolute atomic E-state index is 0.336. The van der Waals surface area contributed by atoms with E-state index in [4.69, 9.17) is 0 Å². The van der Waals surface area contributed by atoms with Gasteiger partial charge in [-0.05, 0) is 37.3 Å². The highest BCUT2D eigenvalue weighted by atomic mass is 32.2. The van der Waals surface area contributed by atoms with Gasteiger partial charge in [-0.2, -0.15) is 0 Å². The van der Waals surface area contributed by atoms with Crippen molar-refractivity contribution in [2.75, 3.05) is 0 Å². The summed E-state index contributed by atoms with van der Waals surface area (Å²) < 4.78 is 28.2. The second-order valence-corrected chi connectivity index (χ2v) is 7.18. The summed E-state index contributed by atoms with van der Waals surface area (Å²) in [7, 11) is -3.53. The van der Waals surface area contributed by atoms with Crippen molar-refractivity contribution in [1.82, 2.24) is 8.54 Å². The fourth-order valence-electron chi connectivity index (χ4n) is 1.91. The molecule has 0 atom stereocenters. The number of rotatable bonds is 3. The summed E-state index contributed by atoms with van der Waals surface area (Å²) >= 11 is 1.47. The van der Waals surface area contributed by atoms with Crippen LogP contribution in [0.5, 0.6) is 0 Å². The molecule has 0 N–H and O–H groups in total. The number of hydrogen-bond acceptors (Lipinski definition) is 3. The van der Waals surface area contributed by atoms with Crippen molar-refractivity contribution < 1.29 is 8.42 Å². The molecule has 0 aliphatic carbocycles. The third-order valence-corrected chi connectivity index (χ3v) is 5.63. The van der Waals surface area contributed by atoms with Crippen LogP contribution in [0.3, 0.4) is 0 Å². The highest BCUT2D eigenvalue weighted by Gasteiger charge is 2.23. The summed E-state index contributed by atoms with van der Waals surface area (Å²) in [6.45, 7) is 1.91. The quantitative estimate of drug-likeness (QED) is 0.745. The Hall–Kier alpha value is -1.79. The molecule has 0 unspecified atom stereocenters. The Morgan fingerprint density at radius 1 is 1.00 bits per heavy atom. The number of thiophene rings is 1. The zero-order valence-corrected chi connectivity index (χ0v) is 11.9. The minimum atomic E-state index is -3.53. The van der Waals surface area contributed by atoms with Crippen LogP contribution in [0, 0.1) is 6.92 Å². The molecule has 3 aromatic rings. The van der Waals surface area contributed by atoms with Crippen molar-refractivity contribution in [1.29, 1.82) is 0 Å². The highest BCUT2D eigenvalue weighted by molar-refractivity contribution is 7.90. The van der Waals surface area contributed by atoms with Gasteiger partial charge >= 0.3 is 0 Å². The lowest BCUT2D eigenvalue weighted by molar-refractivity contribution is 0.587. The molecule has 0 aromatic carbocycles. The van der Waals surface area contributed by atoms with Crippen molar-refractivity contribution in [3.63, 3.8) is 0 Å². The molecule has 3 aromatic heterocycles. The SMILES string of the molecule is Cc1cc(S(=O)(=O)n2cccc2)c(-n2cccc2)s1. The molecule has 0 amide bonds. The first kappa shape index (κ1) is 12.3. The molecule has 0 radical (unpaired) electrons. The van der Waals surface area contributed by atoms with E-state index in [1.807, 2.05) is 36.0 Å². The molecule has 0 spiro atoms. The predicted octanol–water partition coefficient (Wildman–Crippen LogP) is 2.89. The lowest BCUT2D eigenvalue weighted by Crippen LogP contribution is -2.11. The van der Waals surface area contributed by atoms with E-state index >= 15 is 0 Å². The first-order valence-corrected chi connectivity index (χ1v) is 7.97. The third kappa shape index (κ3) is 2.02. The minimum Gasteiger partial charge on any atom is -0.314 e. The first-order chi connectivity index (χ1) is 9.09. The Morgan fingerprint density at radius 2 is 1.58 bits per heavy atom. The number of aromatic nitrogens is 2. The molecule has 0 saturated heterocycles. The molecule has 0 aliphatic rings. The van der Waals surface area contributed by atoms with Crippen molar-refractivity contribution in [2.45, 2.75) is 11.8 Å². The second kappa shape index (κ2) is 4.40. The first-order valence-electron chi connectivity index (χ1n) is 5.71. The molecular formula is C13H12N2O2S2. The van der Waals surface area contributed by atoms with Gasteiger partial charge in [0.15, 0.2) is 0 Å². The van der Waals surface area contributed by atoms with Gasteiger partial charge in [0, 0.05) is 29.7 Å². The van der Waals surface area contributed by atoms with E-state index in [0.717, 1.165) is 9.88 Å². The van der Waals surface area contributed by atoms with Gasteiger partial charge in [0.25, 0.3) is 10.0 Å². The molecule has 3 rings (SSSR count). The molecule has 0 aliphatic heterocycles. The zero-order chi connectivity index (χ0) is 13.5. The van der Waals surface area contributed by atoms with Crippen molar-refractivity contribution in [3.8, 4) is 5.00 Å². The van der Waals surface area contributed by atoms with Crippen molar-refractivity contribution >= 4 is 21.4 Å². The van der Waals surface area contributed by atoms with Crippen LogP contribution >= 0.6 is 11.3 Å². The molecule has 0 bridgehead atoms. The van der Waals surface area contributed by atoms with Crippen LogP contribution in [-0.4, -0.2) is 17.0 Å². The smallest absolute Gasteiger partial charge is 0.270 e. The van der Waals surface area contributed by atoms with Crippen LogP contribution in [0.2, 0.25) is 0 Å². The average molecular weight is 292 g/mol. The van der Waals surface area contributed by atoms with E-state index in [1.165, 1.54) is 15.3 Å². The summed E-state index contributed by atoms with van der Waals surface area (Å²) in [6, 6.07) is 8.87. The summed E-state index contributed by atoms with van der Waals surface area (Å²) in [4.78, 5) is 1.30. The topological polar surface area (TPSA) is 44.0 Å². The Balaban J connectivity index is 2.22. The van der Waals surface area contributed by atoms with Gasteiger partial charge < -0.3 is 4.57 Å². The predicted molar refractivity (Wildman–Crippen MR) is 75.4 cm³/mol. The molecule has 19 heavy (non-hydrogen) atoms. The Morgan fingerprint density at radius 3 is 2.21 bits per heavy atom. The highest BCUT2D eigenvalue weighted by Crippen LogP contribution is 2.31. The van der Waals surface area contributed by atoms with Gasteiger partial charge in [-0.3, -0.25) is 0 Å². The van der Waals surface area contributed by atoms with Crippen LogP contribution in [-0.2, 0) is 10.0 Å². The zero-order valence-electron chi connectivity index (χ0n) is 10.2. The molecule has 4 nitrogen and oxygen atoms in total. The maximum atomic E-state index is 12.6. The summed E-state index contributed by atoms with van der Waals surface area (Å²) in [5.41, 5.74) is 0. The van der Waals surface area contributed by atoms with E-state index in [1.54, 1.807) is 30.6 Å². The van der Waals surface area contributed by atoms with E-state index in [0.29, 0.717) is 4.90 Å². The average Bonchev–Trinajstić information content (AvgIpc) is 3.10. The van der Waals surface area contributed by atoms with Crippen molar-refractivity contribution in [2.24, 2.45) is 0 Å². The lowest BCUT2D eigenvalue weighted by atomic mass is 10.5. The Bertz CT molecular complexity index is 782. The van der Waals surface area contributed by atoms with Crippen LogP contribution in [0.4, 0.5) is 0 Å². The molecular weight excluding hydrogens is 280 g/mol. The number of hydrogen-bond donors (Lipinski definition) is 0. The lowest BCUT2D eigenvalue weighted by Gasteiger charge is -2.07. The molecule has 0 saturated carbocycles. The van der Waals surface area contributed by atoms with Gasteiger partial charge in [-0.25, -0.2) is 12.4 Å². The van der Waals surface area contributed by atoms with Gasteiger partial charge in [0.2, 0.25) is 0 Å². The maximum Gasteiger partial charge on any atom is 0.270 e. The van der Waals surface area contributed by atoms with E-state index in [2.05, 4.69) is 0 Å². The van der Waals surface area contributed by atoms with Gasteiger partial charge in [0.05, 0.1) is 0 Å². The van der Waals surface area contributed by atoms with Crippen LogP contribution < -0.4 is 0 Å². The fourth-order valence-corrected chi connectivity index (χ4v) is 4.63. The monoisotopic (exact) mass is 292 g/mol. The van der Waals surface area contributed by atoms with E-state index in [9.17, 15) is 8.42 Å². The standard InChI is InChI=1S/C13H12N2O2S2/c1-11-10-12(13(18-11)14-6-2-3-7-14)19(16,17)15-8-4-5-9-15/h2-10H,1H3. The Kier molecular flexibility index (Phi) is 2.83. The molecule has 6 heteroatoms. The van der Waals surface area contributed by atoms with Gasteiger partial charge in [0.1, 0.15) is 9.90 Å². The largest absolute Gasteiger partial charge is 0.314 e. The molecule has 0 fully saturated rings. The van der Waals surface area contributed by atoms with Gasteiger partial charge in [-0.15, -0.1) is 11.3 Å². The summed E-state index contributed by atoms with van der Waals surface area (Å²) in [5, 5.41) is 0.719. The number of nitrogens with zero attached hydrogens (tertiary/aromatic N) is 2. The fraction of sp³-hybridized carbons (Fsp3) is 0.0769. The van der Waals surface area contributed by atoms with Crippen LogP contribution in [0.25, 0.3) is 5.00 Å². The summed E-state index contributed by atoms with van der Waals surface area (Å²) in [6.07, 6.45) is 6.78. The maximum absolute atomic E-state index is 12.6. The Labute approximate surface area is 115 Å². The van der Waals surface area contributed by atoms with E-state index in [-0.39, 0.29) is 0 Å². The third-order valence-electron chi connectivity index (χ3n) is 2.77. The van der Waals surface area contributed by atoms with Crippen LogP contribution in [0.1, 0.15) is 4.88 Å². The second-order valence-electron chi connectivity index (χ2n) is 4.13. The van der Waals surface area contributed by atoms with Crippen LogP contribution in [0.15, 0.2) is 60.0 Å². The normalized spacial score (nSPS) is 11.8.